The standard InChI is InChI=1S/C16H32Cl2N6O/c1-10-8-14(20-7-3-2-6-19)23-15(21-10)24-16(25)22-11-4-5-12(17)13(18)9-11/h10-15,20-21,23H,2-9,19H2,1H3,(H2,22,24,25). The van der Waals surface area contributed by atoms with Gasteiger partial charge in [0.2, 0.25) is 0 Å². The Morgan fingerprint density at radius 3 is 2.64 bits per heavy atom. The quantitative estimate of drug-likeness (QED) is 0.285. The van der Waals surface area contributed by atoms with Crippen LogP contribution in [0.3, 0.4) is 0 Å². The van der Waals surface area contributed by atoms with E-state index in [0.29, 0.717) is 12.5 Å². The van der Waals surface area contributed by atoms with Gasteiger partial charge >= 0.3 is 6.03 Å². The van der Waals surface area contributed by atoms with Gasteiger partial charge in [0.05, 0.1) is 16.9 Å². The first-order valence-corrected chi connectivity index (χ1v) is 10.2. The maximum absolute atomic E-state index is 12.3. The lowest BCUT2D eigenvalue weighted by molar-refractivity contribution is 0.184. The van der Waals surface area contributed by atoms with Gasteiger partial charge in [-0.1, -0.05) is 0 Å². The van der Waals surface area contributed by atoms with Gasteiger partial charge in [-0.25, -0.2) is 4.79 Å². The fourth-order valence-electron chi connectivity index (χ4n) is 3.36. The fraction of sp³-hybridized carbons (Fsp3) is 0.938. The zero-order valence-electron chi connectivity index (χ0n) is 14.9. The van der Waals surface area contributed by atoms with E-state index in [9.17, 15) is 4.79 Å². The number of amides is 2. The number of hydrogen-bond donors (Lipinski definition) is 6. The second kappa shape index (κ2) is 10.7. The Hall–Kier alpha value is -0.310. The van der Waals surface area contributed by atoms with Crippen LogP contribution in [0.4, 0.5) is 4.79 Å². The van der Waals surface area contributed by atoms with Crippen LogP contribution < -0.4 is 32.3 Å². The van der Waals surface area contributed by atoms with Crippen LogP contribution >= 0.6 is 23.2 Å². The molecule has 2 amide bonds. The monoisotopic (exact) mass is 394 g/mol. The number of alkyl halides is 2. The lowest BCUT2D eigenvalue weighted by Crippen LogP contribution is -2.68. The summed E-state index contributed by atoms with van der Waals surface area (Å²) in [6.45, 7) is 3.75. The molecule has 146 valence electrons. The normalized spacial score (nSPS) is 36.0. The highest BCUT2D eigenvalue weighted by molar-refractivity contribution is 6.30. The molecule has 0 spiro atoms. The van der Waals surface area contributed by atoms with Gasteiger partial charge in [0.15, 0.2) is 0 Å². The van der Waals surface area contributed by atoms with Crippen molar-refractivity contribution in [3.8, 4) is 0 Å². The second-order valence-electron chi connectivity index (χ2n) is 7.07. The third-order valence-electron chi connectivity index (χ3n) is 4.73. The highest BCUT2D eigenvalue weighted by Gasteiger charge is 2.30. The van der Waals surface area contributed by atoms with Crippen LogP contribution in [0.25, 0.3) is 0 Å². The number of carbonyl (C=O) groups excluding carboxylic acids is 1. The summed E-state index contributed by atoms with van der Waals surface area (Å²) in [5.74, 6) is 0. The molecule has 1 aliphatic heterocycles. The van der Waals surface area contributed by atoms with Gasteiger partial charge in [-0.05, 0) is 58.5 Å². The SMILES string of the molecule is CC1CC(NCCCCN)NC(NC(=O)NC2CCC(Cl)C(Cl)C2)N1. The van der Waals surface area contributed by atoms with E-state index >= 15 is 0 Å². The molecule has 6 atom stereocenters. The van der Waals surface area contributed by atoms with Crippen LogP contribution in [0.1, 0.15) is 45.4 Å². The number of urea groups is 1. The molecule has 6 unspecified atom stereocenters. The fourth-order valence-corrected chi connectivity index (χ4v) is 3.93. The van der Waals surface area contributed by atoms with Crippen LogP contribution in [0.15, 0.2) is 0 Å². The van der Waals surface area contributed by atoms with E-state index in [1.807, 2.05) is 0 Å². The average Bonchev–Trinajstić information content (AvgIpc) is 2.54. The van der Waals surface area contributed by atoms with Crippen molar-refractivity contribution in [1.82, 2.24) is 26.6 Å². The second-order valence-corrected chi connectivity index (χ2v) is 8.19. The van der Waals surface area contributed by atoms with E-state index in [0.717, 1.165) is 45.2 Å². The summed E-state index contributed by atoms with van der Waals surface area (Å²) in [6, 6.07) is 0.184. The van der Waals surface area contributed by atoms with Crippen LogP contribution in [-0.4, -0.2) is 54.4 Å². The van der Waals surface area contributed by atoms with Gasteiger partial charge in [-0.2, -0.15) is 0 Å². The molecular formula is C16H32Cl2N6O. The number of halogens is 2. The summed E-state index contributed by atoms with van der Waals surface area (Å²) in [4.78, 5) is 12.3. The molecule has 1 saturated heterocycles. The van der Waals surface area contributed by atoms with E-state index in [1.165, 1.54) is 0 Å². The molecule has 2 fully saturated rings. The van der Waals surface area contributed by atoms with E-state index in [4.69, 9.17) is 28.9 Å². The Labute approximate surface area is 160 Å². The Bertz CT molecular complexity index is 416. The lowest BCUT2D eigenvalue weighted by Gasteiger charge is -2.37. The molecule has 25 heavy (non-hydrogen) atoms. The number of nitrogens with one attached hydrogen (secondary N) is 5. The Morgan fingerprint density at radius 1 is 1.12 bits per heavy atom. The topological polar surface area (TPSA) is 103 Å². The van der Waals surface area contributed by atoms with Crippen LogP contribution in [0.5, 0.6) is 0 Å². The van der Waals surface area contributed by atoms with Crippen molar-refractivity contribution >= 4 is 29.2 Å². The zero-order valence-corrected chi connectivity index (χ0v) is 16.4. The third kappa shape index (κ3) is 7.45. The molecule has 1 heterocycles. The molecule has 0 aromatic rings. The number of unbranched alkanes of at least 4 members (excludes halogenated alkanes) is 1. The molecule has 9 heteroatoms. The largest absolute Gasteiger partial charge is 0.335 e. The third-order valence-corrected chi connectivity index (χ3v) is 5.87. The predicted octanol–water partition coefficient (Wildman–Crippen LogP) is 0.963. The van der Waals surface area contributed by atoms with Crippen LogP contribution in [-0.2, 0) is 0 Å². The molecule has 7 N–H and O–H groups in total. The van der Waals surface area contributed by atoms with Crippen LogP contribution in [0.2, 0.25) is 0 Å². The summed E-state index contributed by atoms with van der Waals surface area (Å²) < 4.78 is 0. The average molecular weight is 395 g/mol. The minimum Gasteiger partial charge on any atom is -0.335 e. The minimum absolute atomic E-state index is 0.00333. The highest BCUT2D eigenvalue weighted by Crippen LogP contribution is 2.27. The maximum Gasteiger partial charge on any atom is 0.317 e. The molecule has 0 radical (unpaired) electrons. The summed E-state index contributed by atoms with van der Waals surface area (Å²) in [5, 5.41) is 16.0. The summed E-state index contributed by atoms with van der Waals surface area (Å²) in [5.41, 5.74) is 5.52. The zero-order chi connectivity index (χ0) is 18.2. The number of nitrogens with two attached hydrogens (primary N) is 1. The molecule has 2 rings (SSSR count). The van der Waals surface area contributed by atoms with E-state index in [1.54, 1.807) is 0 Å². The van der Waals surface area contributed by atoms with Crippen molar-refractivity contribution < 1.29 is 4.79 Å². The first-order chi connectivity index (χ1) is 12.0. The van der Waals surface area contributed by atoms with Crippen molar-refractivity contribution in [2.45, 2.75) is 80.7 Å². The summed E-state index contributed by atoms with van der Waals surface area (Å²) in [6.07, 6.45) is 5.31. The molecule has 2 aliphatic rings. The van der Waals surface area contributed by atoms with E-state index in [-0.39, 0.29) is 35.3 Å². The smallest absolute Gasteiger partial charge is 0.317 e. The van der Waals surface area contributed by atoms with Crippen molar-refractivity contribution in [1.29, 1.82) is 0 Å². The minimum atomic E-state index is -0.271. The van der Waals surface area contributed by atoms with Crippen molar-refractivity contribution in [3.63, 3.8) is 0 Å². The molecular weight excluding hydrogens is 363 g/mol. The van der Waals surface area contributed by atoms with Crippen molar-refractivity contribution in [2.24, 2.45) is 5.73 Å². The highest BCUT2D eigenvalue weighted by atomic mass is 35.5. The Kier molecular flexibility index (Phi) is 9.02. The number of carbonyl (C=O) groups is 1. The summed E-state index contributed by atoms with van der Waals surface area (Å²) in [7, 11) is 0. The summed E-state index contributed by atoms with van der Waals surface area (Å²) >= 11 is 12.3. The number of rotatable bonds is 7. The Balaban J connectivity index is 1.71. The van der Waals surface area contributed by atoms with Gasteiger partial charge in [-0.15, -0.1) is 23.2 Å². The Morgan fingerprint density at radius 2 is 1.92 bits per heavy atom. The van der Waals surface area contributed by atoms with Crippen molar-refractivity contribution in [3.05, 3.63) is 0 Å². The molecule has 1 aliphatic carbocycles. The first-order valence-electron chi connectivity index (χ1n) is 9.28. The molecule has 1 saturated carbocycles. The maximum atomic E-state index is 12.3. The molecule has 7 nitrogen and oxygen atoms in total. The van der Waals surface area contributed by atoms with Gasteiger partial charge in [-0.3, -0.25) is 10.6 Å². The molecule has 0 aromatic carbocycles. The van der Waals surface area contributed by atoms with Crippen molar-refractivity contribution in [2.75, 3.05) is 13.1 Å². The van der Waals surface area contributed by atoms with Gasteiger partial charge < -0.3 is 21.7 Å². The molecule has 0 bridgehead atoms. The lowest BCUT2D eigenvalue weighted by atomic mass is 9.95. The molecule has 0 aromatic heterocycles. The van der Waals surface area contributed by atoms with E-state index in [2.05, 4.69) is 33.5 Å². The van der Waals surface area contributed by atoms with Gasteiger partial charge in [0.1, 0.15) is 6.29 Å². The van der Waals surface area contributed by atoms with Crippen LogP contribution in [0, 0.1) is 0 Å². The first kappa shape index (κ1) is 21.0. The predicted molar refractivity (Wildman–Crippen MR) is 103 cm³/mol. The van der Waals surface area contributed by atoms with E-state index < -0.39 is 0 Å². The van der Waals surface area contributed by atoms with Gasteiger partial charge in [0, 0.05) is 12.1 Å². The van der Waals surface area contributed by atoms with Gasteiger partial charge in [0.25, 0.3) is 0 Å². The number of hydrogen-bond acceptors (Lipinski definition) is 5.